The zero-order valence-electron chi connectivity index (χ0n) is 14.9. The SMILES string of the molecule is CC(C)C(C(=O)O)n1cnc2c(nnc3c(-c4ccc(Cl)cc4)cnn32)c1=O. The number of hydrogen-bond acceptors (Lipinski definition) is 6. The highest BCUT2D eigenvalue weighted by Gasteiger charge is 2.26. The van der Waals surface area contributed by atoms with E-state index in [2.05, 4.69) is 20.3 Å². The molecule has 0 bridgehead atoms. The van der Waals surface area contributed by atoms with Crippen molar-refractivity contribution in [3.8, 4) is 11.1 Å². The first-order valence-corrected chi connectivity index (χ1v) is 8.86. The van der Waals surface area contributed by atoms with E-state index in [0.29, 0.717) is 16.2 Å². The molecule has 0 aliphatic rings. The van der Waals surface area contributed by atoms with Gasteiger partial charge in [0.15, 0.2) is 16.8 Å². The van der Waals surface area contributed by atoms with Gasteiger partial charge in [-0.05, 0) is 23.6 Å². The fourth-order valence-electron chi connectivity index (χ4n) is 3.14. The molecule has 0 saturated heterocycles. The summed E-state index contributed by atoms with van der Waals surface area (Å²) in [6, 6.07) is 6.12. The van der Waals surface area contributed by atoms with Gasteiger partial charge >= 0.3 is 5.97 Å². The average Bonchev–Trinajstić information content (AvgIpc) is 3.08. The molecule has 0 aliphatic heterocycles. The molecule has 0 fully saturated rings. The minimum Gasteiger partial charge on any atom is -0.480 e. The number of rotatable bonds is 4. The van der Waals surface area contributed by atoms with E-state index in [9.17, 15) is 14.7 Å². The Labute approximate surface area is 163 Å². The minimum absolute atomic E-state index is 0.0485. The number of halogens is 1. The molecule has 3 aromatic heterocycles. The van der Waals surface area contributed by atoms with Gasteiger partial charge < -0.3 is 5.11 Å². The normalized spacial score (nSPS) is 12.7. The lowest BCUT2D eigenvalue weighted by atomic mass is 10.0. The first kappa shape index (κ1) is 18.1. The third kappa shape index (κ3) is 2.80. The predicted molar refractivity (Wildman–Crippen MR) is 102 cm³/mol. The fourth-order valence-corrected chi connectivity index (χ4v) is 3.26. The number of carboxylic acids is 1. The Morgan fingerprint density at radius 3 is 2.50 bits per heavy atom. The smallest absolute Gasteiger partial charge is 0.327 e. The molecule has 0 radical (unpaired) electrons. The van der Waals surface area contributed by atoms with Crippen LogP contribution in [0.5, 0.6) is 0 Å². The summed E-state index contributed by atoms with van der Waals surface area (Å²) in [5.74, 6) is -1.43. The second kappa shape index (κ2) is 6.68. The molecule has 1 unspecified atom stereocenters. The number of nitrogens with zero attached hydrogens (tertiary/aromatic N) is 6. The number of carbonyl (C=O) groups is 1. The number of carboxylic acid groups (broad SMARTS) is 1. The van der Waals surface area contributed by atoms with E-state index in [1.807, 2.05) is 12.1 Å². The zero-order valence-corrected chi connectivity index (χ0v) is 15.7. The van der Waals surface area contributed by atoms with E-state index < -0.39 is 17.6 Å². The number of benzene rings is 1. The topological polar surface area (TPSA) is 115 Å². The van der Waals surface area contributed by atoms with Gasteiger partial charge in [-0.15, -0.1) is 10.2 Å². The maximum Gasteiger partial charge on any atom is 0.327 e. The van der Waals surface area contributed by atoms with Crippen molar-refractivity contribution in [3.05, 3.63) is 52.2 Å². The molecular formula is C18H15ClN6O3. The van der Waals surface area contributed by atoms with Crippen LogP contribution >= 0.6 is 11.6 Å². The maximum atomic E-state index is 12.8. The lowest BCUT2D eigenvalue weighted by Gasteiger charge is -2.18. The lowest BCUT2D eigenvalue weighted by molar-refractivity contribution is -0.142. The number of fused-ring (bicyclic) bond motifs is 3. The Hall–Kier alpha value is -3.33. The molecule has 0 aliphatic carbocycles. The first-order chi connectivity index (χ1) is 13.4. The van der Waals surface area contributed by atoms with Crippen molar-refractivity contribution in [1.29, 1.82) is 0 Å². The summed E-state index contributed by atoms with van der Waals surface area (Å²) in [7, 11) is 0. The van der Waals surface area contributed by atoms with Crippen LogP contribution in [-0.4, -0.2) is 40.4 Å². The predicted octanol–water partition coefficient (Wildman–Crippen LogP) is 2.44. The Balaban J connectivity index is 1.93. The zero-order chi connectivity index (χ0) is 20.0. The number of aromatic nitrogens is 6. The molecule has 4 aromatic rings. The van der Waals surface area contributed by atoms with Crippen molar-refractivity contribution >= 4 is 34.4 Å². The molecule has 3 heterocycles. The van der Waals surface area contributed by atoms with Gasteiger partial charge in [0.25, 0.3) is 5.56 Å². The maximum absolute atomic E-state index is 12.8. The van der Waals surface area contributed by atoms with Crippen molar-refractivity contribution in [2.45, 2.75) is 19.9 Å². The second-order valence-electron chi connectivity index (χ2n) is 6.66. The van der Waals surface area contributed by atoms with Gasteiger partial charge in [0.2, 0.25) is 0 Å². The molecule has 4 rings (SSSR count). The van der Waals surface area contributed by atoms with E-state index in [0.717, 1.165) is 10.1 Å². The Morgan fingerprint density at radius 1 is 1.14 bits per heavy atom. The first-order valence-electron chi connectivity index (χ1n) is 8.48. The van der Waals surface area contributed by atoms with Crippen molar-refractivity contribution in [2.24, 2.45) is 5.92 Å². The second-order valence-corrected chi connectivity index (χ2v) is 7.09. The van der Waals surface area contributed by atoms with Gasteiger partial charge in [-0.25, -0.2) is 9.78 Å². The van der Waals surface area contributed by atoms with Gasteiger partial charge in [-0.3, -0.25) is 9.36 Å². The van der Waals surface area contributed by atoms with Crippen molar-refractivity contribution in [1.82, 2.24) is 29.4 Å². The van der Waals surface area contributed by atoms with Crippen LogP contribution in [0.2, 0.25) is 5.02 Å². The standard InChI is InChI=1S/C18H15ClN6O3/c1-9(2)14(18(27)28)24-8-20-16-13(17(24)26)22-23-15-12(7-21-25(15)16)10-3-5-11(19)6-4-10/h3-9,14H,1-2H3,(H,27,28). The van der Waals surface area contributed by atoms with Crippen LogP contribution in [0, 0.1) is 5.92 Å². The Kier molecular flexibility index (Phi) is 4.31. The molecular weight excluding hydrogens is 384 g/mol. The van der Waals surface area contributed by atoms with Crippen LogP contribution in [0.15, 0.2) is 41.6 Å². The molecule has 1 N–H and O–H groups in total. The summed E-state index contributed by atoms with van der Waals surface area (Å²) >= 11 is 5.93. The summed E-state index contributed by atoms with van der Waals surface area (Å²) in [5, 5.41) is 22.5. The third-order valence-corrected chi connectivity index (χ3v) is 4.73. The highest BCUT2D eigenvalue weighted by atomic mass is 35.5. The van der Waals surface area contributed by atoms with E-state index >= 15 is 0 Å². The summed E-state index contributed by atoms with van der Waals surface area (Å²) in [4.78, 5) is 28.7. The van der Waals surface area contributed by atoms with Gasteiger partial charge in [-0.2, -0.15) is 9.61 Å². The van der Waals surface area contributed by atoms with E-state index in [1.54, 1.807) is 32.2 Å². The molecule has 28 heavy (non-hydrogen) atoms. The monoisotopic (exact) mass is 398 g/mol. The fraction of sp³-hybridized carbons (Fsp3) is 0.222. The summed E-state index contributed by atoms with van der Waals surface area (Å²) in [5.41, 5.74) is 1.56. The summed E-state index contributed by atoms with van der Waals surface area (Å²) < 4.78 is 2.49. The van der Waals surface area contributed by atoms with E-state index in [1.165, 1.54) is 10.8 Å². The van der Waals surface area contributed by atoms with Crippen molar-refractivity contribution in [3.63, 3.8) is 0 Å². The van der Waals surface area contributed by atoms with Crippen molar-refractivity contribution in [2.75, 3.05) is 0 Å². The van der Waals surface area contributed by atoms with Crippen LogP contribution < -0.4 is 5.56 Å². The lowest BCUT2D eigenvalue weighted by Crippen LogP contribution is -2.34. The van der Waals surface area contributed by atoms with Gasteiger partial charge in [-0.1, -0.05) is 37.6 Å². The van der Waals surface area contributed by atoms with Gasteiger partial charge in [0, 0.05) is 10.6 Å². The Morgan fingerprint density at radius 2 is 1.86 bits per heavy atom. The van der Waals surface area contributed by atoms with Crippen LogP contribution in [0.3, 0.4) is 0 Å². The Bertz CT molecular complexity index is 1260. The number of aliphatic carboxylic acids is 1. The summed E-state index contributed by atoms with van der Waals surface area (Å²) in [6.45, 7) is 3.44. The van der Waals surface area contributed by atoms with Crippen LogP contribution in [0.1, 0.15) is 19.9 Å². The molecule has 1 aromatic carbocycles. The van der Waals surface area contributed by atoms with Crippen LogP contribution in [0.25, 0.3) is 27.9 Å². The molecule has 1 atom stereocenters. The van der Waals surface area contributed by atoms with Gasteiger partial charge in [0.05, 0.1) is 6.20 Å². The third-order valence-electron chi connectivity index (χ3n) is 4.48. The van der Waals surface area contributed by atoms with Crippen LogP contribution in [0.4, 0.5) is 0 Å². The quantitative estimate of drug-likeness (QED) is 0.561. The average molecular weight is 399 g/mol. The molecule has 142 valence electrons. The van der Waals surface area contributed by atoms with E-state index in [-0.39, 0.29) is 17.1 Å². The molecule has 0 amide bonds. The van der Waals surface area contributed by atoms with Gasteiger partial charge in [0.1, 0.15) is 12.4 Å². The largest absolute Gasteiger partial charge is 0.480 e. The van der Waals surface area contributed by atoms with Crippen LogP contribution in [-0.2, 0) is 4.79 Å². The highest BCUT2D eigenvalue weighted by Crippen LogP contribution is 2.25. The van der Waals surface area contributed by atoms with E-state index in [4.69, 9.17) is 11.6 Å². The molecule has 9 nitrogen and oxygen atoms in total. The molecule has 0 saturated carbocycles. The molecule has 0 spiro atoms. The summed E-state index contributed by atoms with van der Waals surface area (Å²) in [6.07, 6.45) is 2.82. The number of hydrogen-bond donors (Lipinski definition) is 1. The highest BCUT2D eigenvalue weighted by molar-refractivity contribution is 6.30. The van der Waals surface area contributed by atoms with Crippen molar-refractivity contribution < 1.29 is 9.90 Å². The molecule has 10 heteroatoms. The minimum atomic E-state index is -1.11.